The van der Waals surface area contributed by atoms with Crippen LogP contribution in [0.1, 0.15) is 58.1 Å². The molecule has 1 saturated heterocycles. The number of hydrogen-bond acceptors (Lipinski definition) is 4. The van der Waals surface area contributed by atoms with Crippen molar-refractivity contribution in [2.45, 2.75) is 58.6 Å². The predicted molar refractivity (Wildman–Crippen MR) is 113 cm³/mol. The molecule has 2 bridgehead atoms. The lowest BCUT2D eigenvalue weighted by atomic mass is 9.58. The molecule has 29 heavy (non-hydrogen) atoms. The molecule has 1 unspecified atom stereocenters. The lowest BCUT2D eigenvalue weighted by Gasteiger charge is -2.53. The summed E-state index contributed by atoms with van der Waals surface area (Å²) in [4.78, 5) is 12.4. The van der Waals surface area contributed by atoms with Crippen LogP contribution in [0.15, 0.2) is 12.1 Å². The highest BCUT2D eigenvalue weighted by molar-refractivity contribution is 6.30. The molecule has 3 fully saturated rings. The summed E-state index contributed by atoms with van der Waals surface area (Å²) in [6.45, 7) is 7.22. The third kappa shape index (κ3) is 3.04. The second kappa shape index (κ2) is 7.35. The van der Waals surface area contributed by atoms with Crippen molar-refractivity contribution >= 4 is 17.5 Å². The lowest BCUT2D eigenvalue weighted by molar-refractivity contribution is -0.137. The lowest BCUT2D eigenvalue weighted by Crippen LogP contribution is -2.58. The van der Waals surface area contributed by atoms with E-state index in [1.807, 2.05) is 13.0 Å². The first-order valence-corrected chi connectivity index (χ1v) is 11.0. The van der Waals surface area contributed by atoms with Gasteiger partial charge in [-0.15, -0.1) is 0 Å². The maximum Gasteiger partial charge on any atom is 0.219 e. The normalized spacial score (nSPS) is 34.6. The summed E-state index contributed by atoms with van der Waals surface area (Å²) in [5.74, 6) is 2.32. The van der Waals surface area contributed by atoms with Crippen LogP contribution in [0.5, 0.6) is 11.5 Å². The third-order valence-electron chi connectivity index (χ3n) is 7.91. The zero-order valence-corrected chi connectivity index (χ0v) is 18.8. The third-order valence-corrected chi connectivity index (χ3v) is 8.13. The zero-order chi connectivity index (χ0) is 21.0. The quantitative estimate of drug-likeness (QED) is 0.744. The topological polar surface area (TPSA) is 56.8 Å². The standard InChI is InChI=1S/C23H32ClNO4/c1-6-18(26)25-21-22(2,3)13-9-16-19(29-8-7-23(16,21)12-13)15-10-14(24)11-17(27-4)20(15)28-5/h10-11,13,16,19,21H,6-9,12H2,1-5H3,(H,25,26)/t13-,16-,19-,21+,23?/m1/s1. The summed E-state index contributed by atoms with van der Waals surface area (Å²) in [5, 5.41) is 4.01. The average molecular weight is 422 g/mol. The van der Waals surface area contributed by atoms with Crippen LogP contribution in [-0.2, 0) is 9.53 Å². The van der Waals surface area contributed by atoms with Crippen LogP contribution < -0.4 is 14.8 Å². The minimum absolute atomic E-state index is 0.0441. The molecule has 1 heterocycles. The Morgan fingerprint density at radius 1 is 1.31 bits per heavy atom. The number of carbonyl (C=O) groups excluding carboxylic acids is 1. The molecule has 2 aliphatic carbocycles. The van der Waals surface area contributed by atoms with Gasteiger partial charge in [-0.25, -0.2) is 0 Å². The molecule has 5 atom stereocenters. The van der Waals surface area contributed by atoms with Crippen LogP contribution in [0.3, 0.4) is 0 Å². The van der Waals surface area contributed by atoms with Crippen molar-refractivity contribution < 1.29 is 19.0 Å². The zero-order valence-electron chi connectivity index (χ0n) is 18.0. The number of amides is 1. The van der Waals surface area contributed by atoms with Gasteiger partial charge in [0.25, 0.3) is 0 Å². The first kappa shape index (κ1) is 20.8. The fraction of sp³-hybridized carbons (Fsp3) is 0.696. The largest absolute Gasteiger partial charge is 0.493 e. The minimum atomic E-state index is -0.117. The Kier molecular flexibility index (Phi) is 5.27. The van der Waals surface area contributed by atoms with Gasteiger partial charge in [0.1, 0.15) is 0 Å². The van der Waals surface area contributed by atoms with Gasteiger partial charge in [0, 0.05) is 35.7 Å². The summed E-state index contributed by atoms with van der Waals surface area (Å²) < 4.78 is 17.6. The molecular formula is C23H32ClNO4. The van der Waals surface area contributed by atoms with Crippen molar-refractivity contribution in [3.63, 3.8) is 0 Å². The molecule has 0 aromatic heterocycles. The average Bonchev–Trinajstić information content (AvgIpc) is 3.19. The second-order valence-electron chi connectivity index (χ2n) is 9.42. The SMILES string of the molecule is CCC(=O)N[C@H]1C(C)(C)[C@@H]2C[C@@H]3[C@@H](c4cc(Cl)cc(OC)c4OC)OCCC31C2. The Bertz CT molecular complexity index is 810. The molecule has 1 aliphatic heterocycles. The molecule has 160 valence electrons. The minimum Gasteiger partial charge on any atom is -0.493 e. The van der Waals surface area contributed by atoms with Crippen molar-refractivity contribution in [1.82, 2.24) is 5.32 Å². The molecule has 1 N–H and O–H groups in total. The number of benzene rings is 1. The molecule has 6 heteroatoms. The van der Waals surface area contributed by atoms with Crippen LogP contribution in [-0.4, -0.2) is 32.8 Å². The highest BCUT2D eigenvalue weighted by Gasteiger charge is 2.68. The number of halogens is 1. The van der Waals surface area contributed by atoms with E-state index >= 15 is 0 Å². The Labute approximate surface area is 178 Å². The van der Waals surface area contributed by atoms with E-state index < -0.39 is 0 Å². The second-order valence-corrected chi connectivity index (χ2v) is 9.86. The molecule has 1 aromatic carbocycles. The highest BCUT2D eigenvalue weighted by atomic mass is 35.5. The van der Waals surface area contributed by atoms with Gasteiger partial charge in [0.05, 0.1) is 20.3 Å². The van der Waals surface area contributed by atoms with Gasteiger partial charge in [-0.1, -0.05) is 32.4 Å². The van der Waals surface area contributed by atoms with Crippen LogP contribution in [0, 0.1) is 22.7 Å². The summed E-state index contributed by atoms with van der Waals surface area (Å²) in [7, 11) is 3.28. The Balaban J connectivity index is 1.76. The molecule has 0 radical (unpaired) electrons. The van der Waals surface area contributed by atoms with Crippen molar-refractivity contribution in [2.24, 2.45) is 22.7 Å². The Morgan fingerprint density at radius 2 is 2.07 bits per heavy atom. The number of fused-ring (bicyclic) bond motifs is 1. The van der Waals surface area contributed by atoms with Gasteiger partial charge >= 0.3 is 0 Å². The van der Waals surface area contributed by atoms with Crippen LogP contribution in [0.2, 0.25) is 5.02 Å². The van der Waals surface area contributed by atoms with Crippen molar-refractivity contribution in [1.29, 1.82) is 0 Å². The highest BCUT2D eigenvalue weighted by Crippen LogP contribution is 2.71. The maximum atomic E-state index is 12.4. The van der Waals surface area contributed by atoms with Crippen molar-refractivity contribution in [2.75, 3.05) is 20.8 Å². The molecule has 2 saturated carbocycles. The van der Waals surface area contributed by atoms with Gasteiger partial charge in [0.2, 0.25) is 5.91 Å². The maximum absolute atomic E-state index is 12.4. The number of hydrogen-bond donors (Lipinski definition) is 1. The summed E-state index contributed by atoms with van der Waals surface area (Å²) in [6.07, 6.45) is 3.60. The molecule has 5 nitrogen and oxygen atoms in total. The predicted octanol–water partition coefficient (Wildman–Crippen LogP) is 4.77. The molecule has 4 rings (SSSR count). The van der Waals surface area contributed by atoms with Gasteiger partial charge in [-0.3, -0.25) is 4.79 Å². The fourth-order valence-corrected chi connectivity index (χ4v) is 6.75. The Hall–Kier alpha value is -1.46. The molecule has 1 amide bonds. The number of carbonyl (C=O) groups is 1. The number of methoxy groups -OCH3 is 2. The van der Waals surface area contributed by atoms with Gasteiger partial charge in [-0.2, -0.15) is 0 Å². The van der Waals surface area contributed by atoms with Gasteiger partial charge in [-0.05, 0) is 48.0 Å². The monoisotopic (exact) mass is 421 g/mol. The van der Waals surface area contributed by atoms with E-state index in [1.54, 1.807) is 20.3 Å². The van der Waals surface area contributed by atoms with E-state index in [4.69, 9.17) is 25.8 Å². The van der Waals surface area contributed by atoms with E-state index in [9.17, 15) is 4.79 Å². The van der Waals surface area contributed by atoms with Crippen molar-refractivity contribution in [3.05, 3.63) is 22.7 Å². The summed E-state index contributed by atoms with van der Waals surface area (Å²) in [5.41, 5.74) is 1.08. The van der Waals surface area contributed by atoms with Crippen LogP contribution in [0.4, 0.5) is 0 Å². The van der Waals surface area contributed by atoms with E-state index in [-0.39, 0.29) is 28.9 Å². The van der Waals surface area contributed by atoms with Gasteiger partial charge in [0.15, 0.2) is 11.5 Å². The number of rotatable bonds is 5. The summed E-state index contributed by atoms with van der Waals surface area (Å²) >= 11 is 6.41. The molecule has 1 spiro atoms. The molecule has 1 aromatic rings. The smallest absolute Gasteiger partial charge is 0.219 e. The van der Waals surface area contributed by atoms with Crippen LogP contribution in [0.25, 0.3) is 0 Å². The van der Waals surface area contributed by atoms with E-state index in [1.165, 1.54) is 0 Å². The fourth-order valence-electron chi connectivity index (χ4n) is 6.53. The van der Waals surface area contributed by atoms with E-state index in [0.717, 1.165) is 24.8 Å². The first-order valence-electron chi connectivity index (χ1n) is 10.6. The van der Waals surface area contributed by atoms with E-state index in [0.29, 0.717) is 41.4 Å². The van der Waals surface area contributed by atoms with Gasteiger partial charge < -0.3 is 19.5 Å². The molecular weight excluding hydrogens is 390 g/mol. The van der Waals surface area contributed by atoms with E-state index in [2.05, 4.69) is 19.2 Å². The van der Waals surface area contributed by atoms with Crippen molar-refractivity contribution in [3.8, 4) is 11.5 Å². The number of ether oxygens (including phenoxy) is 3. The first-order chi connectivity index (χ1) is 13.8. The Morgan fingerprint density at radius 3 is 2.72 bits per heavy atom. The van der Waals surface area contributed by atoms with Crippen LogP contribution >= 0.6 is 11.6 Å². The summed E-state index contributed by atoms with van der Waals surface area (Å²) in [6, 6.07) is 3.88. The number of nitrogens with one attached hydrogen (secondary N) is 1. The molecule has 3 aliphatic rings.